The first-order valence-corrected chi connectivity index (χ1v) is 8.92. The molecule has 0 spiro atoms. The summed E-state index contributed by atoms with van der Waals surface area (Å²) in [5.41, 5.74) is -0.456. The predicted molar refractivity (Wildman–Crippen MR) is 95.7 cm³/mol. The summed E-state index contributed by atoms with van der Waals surface area (Å²) in [4.78, 5) is 14.3. The molecule has 4 atom stereocenters. The summed E-state index contributed by atoms with van der Waals surface area (Å²) in [5.74, 6) is 1.06. The highest BCUT2D eigenvalue weighted by Gasteiger charge is 2.31. The Morgan fingerprint density at radius 3 is 2.43 bits per heavy atom. The number of hydrogen-bond donors (Lipinski definition) is 2. The van der Waals surface area contributed by atoms with E-state index in [2.05, 4.69) is 50.3 Å². The Balaban J connectivity index is 2.54. The van der Waals surface area contributed by atoms with E-state index in [1.54, 1.807) is 0 Å². The summed E-state index contributed by atoms with van der Waals surface area (Å²) in [7, 11) is 2.20. The van der Waals surface area contributed by atoms with Crippen molar-refractivity contribution < 1.29 is 9.53 Å². The zero-order chi connectivity index (χ0) is 17.8. The summed E-state index contributed by atoms with van der Waals surface area (Å²) < 4.78 is 5.33. The molecule has 0 saturated carbocycles. The number of rotatable bonds is 5. The Morgan fingerprint density at radius 1 is 1.30 bits per heavy atom. The molecule has 23 heavy (non-hydrogen) atoms. The van der Waals surface area contributed by atoms with Crippen LogP contribution in [0.4, 0.5) is 4.79 Å². The molecular formula is C18H37N3O2. The molecule has 0 bridgehead atoms. The molecule has 1 aliphatic heterocycles. The van der Waals surface area contributed by atoms with Crippen LogP contribution in [-0.2, 0) is 4.74 Å². The highest BCUT2D eigenvalue weighted by Crippen LogP contribution is 2.22. The van der Waals surface area contributed by atoms with Crippen LogP contribution in [0.1, 0.15) is 54.9 Å². The van der Waals surface area contributed by atoms with E-state index in [1.165, 1.54) is 0 Å². The van der Waals surface area contributed by atoms with E-state index in [9.17, 15) is 4.79 Å². The van der Waals surface area contributed by atoms with Crippen molar-refractivity contribution >= 4 is 6.09 Å². The van der Waals surface area contributed by atoms with Crippen LogP contribution in [0, 0.1) is 11.8 Å². The summed E-state index contributed by atoms with van der Waals surface area (Å²) in [5, 5.41) is 6.69. The molecule has 1 fully saturated rings. The molecule has 5 nitrogen and oxygen atoms in total. The molecular weight excluding hydrogens is 290 g/mol. The van der Waals surface area contributed by atoms with E-state index in [1.807, 2.05) is 20.8 Å². The van der Waals surface area contributed by atoms with Gasteiger partial charge in [0, 0.05) is 31.2 Å². The van der Waals surface area contributed by atoms with Crippen molar-refractivity contribution in [3.05, 3.63) is 0 Å². The number of hydrogen-bond acceptors (Lipinski definition) is 4. The van der Waals surface area contributed by atoms with Crippen LogP contribution in [0.2, 0.25) is 0 Å². The minimum atomic E-state index is -0.456. The molecule has 1 rings (SSSR count). The van der Waals surface area contributed by atoms with Gasteiger partial charge in [-0.25, -0.2) is 4.79 Å². The number of amides is 1. The lowest BCUT2D eigenvalue weighted by Crippen LogP contribution is -2.56. The average molecular weight is 328 g/mol. The highest BCUT2D eigenvalue weighted by atomic mass is 16.6. The number of likely N-dealkylation sites (tertiary alicyclic amines) is 1. The van der Waals surface area contributed by atoms with Gasteiger partial charge in [0.2, 0.25) is 0 Å². The SMILES string of the molecule is CC(C)C(CNC(=O)OC(C)(C)C)NC1CC(C)N(C)CC1C. The molecule has 2 N–H and O–H groups in total. The third-order valence-corrected chi connectivity index (χ3v) is 4.71. The van der Waals surface area contributed by atoms with E-state index in [-0.39, 0.29) is 12.1 Å². The third-order valence-electron chi connectivity index (χ3n) is 4.71. The second-order valence-corrected chi connectivity index (χ2v) is 8.51. The number of alkyl carbamates (subject to hydrolysis) is 1. The predicted octanol–water partition coefficient (Wildman–Crippen LogP) is 2.85. The van der Waals surface area contributed by atoms with Crippen LogP contribution in [-0.4, -0.2) is 54.9 Å². The van der Waals surface area contributed by atoms with E-state index < -0.39 is 5.60 Å². The Hall–Kier alpha value is -0.810. The largest absolute Gasteiger partial charge is 0.444 e. The van der Waals surface area contributed by atoms with Crippen LogP contribution in [0.5, 0.6) is 0 Å². The summed E-state index contributed by atoms with van der Waals surface area (Å²) >= 11 is 0. The Kier molecular flexibility index (Phi) is 7.33. The fourth-order valence-electron chi connectivity index (χ4n) is 3.04. The second-order valence-electron chi connectivity index (χ2n) is 8.51. The molecule has 0 radical (unpaired) electrons. The lowest BCUT2D eigenvalue weighted by atomic mass is 9.88. The topological polar surface area (TPSA) is 53.6 Å². The lowest BCUT2D eigenvalue weighted by Gasteiger charge is -2.42. The van der Waals surface area contributed by atoms with E-state index in [0.717, 1.165) is 13.0 Å². The quantitative estimate of drug-likeness (QED) is 0.815. The van der Waals surface area contributed by atoms with Crippen LogP contribution < -0.4 is 10.6 Å². The number of nitrogens with one attached hydrogen (secondary N) is 2. The maximum atomic E-state index is 11.9. The Morgan fingerprint density at radius 2 is 1.91 bits per heavy atom. The van der Waals surface area contributed by atoms with Crippen molar-refractivity contribution in [2.45, 2.75) is 78.6 Å². The summed E-state index contributed by atoms with van der Waals surface area (Å²) in [6.45, 7) is 16.3. The fourth-order valence-corrected chi connectivity index (χ4v) is 3.04. The highest BCUT2D eigenvalue weighted by molar-refractivity contribution is 5.67. The average Bonchev–Trinajstić information content (AvgIpc) is 2.37. The molecule has 5 heteroatoms. The molecule has 1 amide bonds. The second kappa shape index (κ2) is 8.34. The van der Waals surface area contributed by atoms with Gasteiger partial charge in [-0.15, -0.1) is 0 Å². The maximum absolute atomic E-state index is 11.9. The number of carbonyl (C=O) groups excluding carboxylic acids is 1. The first kappa shape index (κ1) is 20.2. The molecule has 1 saturated heterocycles. The first-order chi connectivity index (χ1) is 10.5. The summed E-state index contributed by atoms with van der Waals surface area (Å²) in [6.07, 6.45) is 0.808. The minimum absolute atomic E-state index is 0.255. The van der Waals surface area contributed by atoms with Crippen molar-refractivity contribution in [3.63, 3.8) is 0 Å². The molecule has 0 aromatic rings. The molecule has 0 aromatic heterocycles. The number of carbonyl (C=O) groups is 1. The lowest BCUT2D eigenvalue weighted by molar-refractivity contribution is 0.0512. The van der Waals surface area contributed by atoms with Crippen molar-refractivity contribution in [2.75, 3.05) is 20.1 Å². The number of nitrogens with zero attached hydrogens (tertiary/aromatic N) is 1. The Bertz CT molecular complexity index is 379. The van der Waals surface area contributed by atoms with Gasteiger partial charge in [-0.3, -0.25) is 0 Å². The normalized spacial score (nSPS) is 27.8. The van der Waals surface area contributed by atoms with Crippen molar-refractivity contribution in [1.29, 1.82) is 0 Å². The molecule has 0 aliphatic carbocycles. The maximum Gasteiger partial charge on any atom is 0.407 e. The summed E-state index contributed by atoms with van der Waals surface area (Å²) in [6, 6.07) is 1.34. The molecule has 136 valence electrons. The minimum Gasteiger partial charge on any atom is -0.444 e. The van der Waals surface area contributed by atoms with E-state index in [0.29, 0.717) is 30.5 Å². The van der Waals surface area contributed by atoms with Crippen molar-refractivity contribution in [1.82, 2.24) is 15.5 Å². The van der Waals surface area contributed by atoms with Gasteiger partial charge in [0.25, 0.3) is 0 Å². The van der Waals surface area contributed by atoms with Gasteiger partial charge in [-0.1, -0.05) is 20.8 Å². The van der Waals surface area contributed by atoms with E-state index >= 15 is 0 Å². The molecule has 4 unspecified atom stereocenters. The number of piperidine rings is 1. The van der Waals surface area contributed by atoms with Gasteiger partial charge in [0.15, 0.2) is 0 Å². The monoisotopic (exact) mass is 327 g/mol. The van der Waals surface area contributed by atoms with Gasteiger partial charge in [0.1, 0.15) is 5.60 Å². The van der Waals surface area contributed by atoms with Crippen LogP contribution in [0.25, 0.3) is 0 Å². The first-order valence-electron chi connectivity index (χ1n) is 8.92. The molecule has 1 heterocycles. The third kappa shape index (κ3) is 7.08. The van der Waals surface area contributed by atoms with E-state index in [4.69, 9.17) is 4.74 Å². The smallest absolute Gasteiger partial charge is 0.407 e. The van der Waals surface area contributed by atoms with Crippen LogP contribution in [0.15, 0.2) is 0 Å². The van der Waals surface area contributed by atoms with Gasteiger partial charge in [0.05, 0.1) is 0 Å². The molecule has 0 aromatic carbocycles. The zero-order valence-corrected chi connectivity index (χ0v) is 16.3. The van der Waals surface area contributed by atoms with Crippen molar-refractivity contribution in [2.24, 2.45) is 11.8 Å². The van der Waals surface area contributed by atoms with Gasteiger partial charge in [-0.2, -0.15) is 0 Å². The number of ether oxygens (including phenoxy) is 1. The van der Waals surface area contributed by atoms with Crippen LogP contribution >= 0.6 is 0 Å². The Labute approximate surface area is 142 Å². The van der Waals surface area contributed by atoms with Gasteiger partial charge in [-0.05, 0) is 53.0 Å². The fraction of sp³-hybridized carbons (Fsp3) is 0.944. The zero-order valence-electron chi connectivity index (χ0n) is 16.3. The molecule has 1 aliphatic rings. The van der Waals surface area contributed by atoms with Gasteiger partial charge < -0.3 is 20.3 Å². The standard InChI is InChI=1S/C18H37N3O2/c1-12(2)16(10-19-17(22)23-18(5,6)7)20-15-9-14(4)21(8)11-13(15)3/h12-16,20H,9-11H2,1-8H3,(H,19,22). The van der Waals surface area contributed by atoms with Crippen LogP contribution in [0.3, 0.4) is 0 Å². The van der Waals surface area contributed by atoms with Gasteiger partial charge >= 0.3 is 6.09 Å². The van der Waals surface area contributed by atoms with Crippen molar-refractivity contribution in [3.8, 4) is 0 Å².